The second-order valence-corrected chi connectivity index (χ2v) is 4.77. The summed E-state index contributed by atoms with van der Waals surface area (Å²) in [6, 6.07) is -1.49. The zero-order valence-electron chi connectivity index (χ0n) is 11.5. The first-order valence-corrected chi connectivity index (χ1v) is 6.59. The van der Waals surface area contributed by atoms with Crippen LogP contribution in [0.1, 0.15) is 19.3 Å². The molecule has 0 radical (unpaired) electrons. The number of carboxylic acid groups (broad SMARTS) is 1. The predicted octanol–water partition coefficient (Wildman–Crippen LogP) is -0.914. The first-order chi connectivity index (χ1) is 9.47. The van der Waals surface area contributed by atoms with E-state index in [1.54, 1.807) is 7.05 Å². The van der Waals surface area contributed by atoms with E-state index in [-0.39, 0.29) is 25.6 Å². The molecule has 1 aliphatic rings. The molecule has 20 heavy (non-hydrogen) atoms. The van der Waals surface area contributed by atoms with Crippen LogP contribution in [0.5, 0.6) is 0 Å². The number of unbranched alkanes of at least 4 members (excludes halogenated alkanes) is 2. The standard InChI is InChI=1S/C12H21N3O5/c1-14(5-3-2-4-6-16)12(20)15-8-10(17)13-7-9(15)11(18)19/h9,16H,2-8H2,1H3,(H,13,17)(H,18,19). The fourth-order valence-electron chi connectivity index (χ4n) is 2.02. The van der Waals surface area contributed by atoms with Crippen LogP contribution in [0.15, 0.2) is 0 Å². The molecule has 0 bridgehead atoms. The van der Waals surface area contributed by atoms with Gasteiger partial charge in [-0.15, -0.1) is 0 Å². The van der Waals surface area contributed by atoms with Crippen LogP contribution in [-0.2, 0) is 9.59 Å². The van der Waals surface area contributed by atoms with E-state index >= 15 is 0 Å². The van der Waals surface area contributed by atoms with Crippen LogP contribution < -0.4 is 5.32 Å². The Labute approximate surface area is 117 Å². The highest BCUT2D eigenvalue weighted by Gasteiger charge is 2.36. The van der Waals surface area contributed by atoms with Crippen molar-refractivity contribution in [3.05, 3.63) is 0 Å². The third kappa shape index (κ3) is 4.37. The smallest absolute Gasteiger partial charge is 0.328 e. The summed E-state index contributed by atoms with van der Waals surface area (Å²) in [5.41, 5.74) is 0. The van der Waals surface area contributed by atoms with Crippen LogP contribution >= 0.6 is 0 Å². The molecule has 8 nitrogen and oxygen atoms in total. The van der Waals surface area contributed by atoms with Gasteiger partial charge in [0.2, 0.25) is 5.91 Å². The molecule has 0 spiro atoms. The van der Waals surface area contributed by atoms with Gasteiger partial charge in [-0.1, -0.05) is 0 Å². The number of aliphatic carboxylic acids is 1. The second kappa shape index (κ2) is 7.68. The number of amides is 3. The number of aliphatic hydroxyl groups excluding tert-OH is 1. The maximum absolute atomic E-state index is 12.2. The number of carbonyl (C=O) groups is 3. The maximum Gasteiger partial charge on any atom is 0.328 e. The van der Waals surface area contributed by atoms with Gasteiger partial charge in [-0.25, -0.2) is 9.59 Å². The van der Waals surface area contributed by atoms with E-state index in [2.05, 4.69) is 5.32 Å². The molecule has 1 unspecified atom stereocenters. The number of carboxylic acids is 1. The Kier molecular flexibility index (Phi) is 6.23. The molecule has 0 aromatic heterocycles. The molecule has 0 aromatic carbocycles. The molecule has 114 valence electrons. The normalized spacial score (nSPS) is 18.6. The first kappa shape index (κ1) is 16.2. The van der Waals surface area contributed by atoms with Crippen molar-refractivity contribution in [3.8, 4) is 0 Å². The van der Waals surface area contributed by atoms with Crippen LogP contribution in [0.4, 0.5) is 4.79 Å². The lowest BCUT2D eigenvalue weighted by molar-refractivity contribution is -0.144. The largest absolute Gasteiger partial charge is 0.480 e. The molecule has 8 heteroatoms. The zero-order chi connectivity index (χ0) is 15.1. The lowest BCUT2D eigenvalue weighted by Gasteiger charge is -2.35. The van der Waals surface area contributed by atoms with E-state index in [0.29, 0.717) is 13.0 Å². The summed E-state index contributed by atoms with van der Waals surface area (Å²) in [6.45, 7) is 0.267. The topological polar surface area (TPSA) is 110 Å². The van der Waals surface area contributed by atoms with E-state index < -0.39 is 18.0 Å². The number of urea groups is 1. The van der Waals surface area contributed by atoms with Crippen LogP contribution in [0.25, 0.3) is 0 Å². The summed E-state index contributed by atoms with van der Waals surface area (Å²) in [6.07, 6.45) is 2.18. The summed E-state index contributed by atoms with van der Waals surface area (Å²) in [5, 5.41) is 20.2. The molecule has 1 rings (SSSR count). The molecule has 0 aromatic rings. The Morgan fingerprint density at radius 2 is 2.10 bits per heavy atom. The summed E-state index contributed by atoms with van der Waals surface area (Å²) in [5.74, 6) is -1.49. The van der Waals surface area contributed by atoms with Crippen LogP contribution in [0.3, 0.4) is 0 Å². The predicted molar refractivity (Wildman–Crippen MR) is 70.1 cm³/mol. The van der Waals surface area contributed by atoms with Gasteiger partial charge in [-0.05, 0) is 19.3 Å². The van der Waals surface area contributed by atoms with Crippen molar-refractivity contribution in [2.24, 2.45) is 0 Å². The molecule has 1 saturated heterocycles. The molecule has 0 aliphatic carbocycles. The first-order valence-electron chi connectivity index (χ1n) is 6.59. The highest BCUT2D eigenvalue weighted by atomic mass is 16.4. The number of hydrogen-bond donors (Lipinski definition) is 3. The molecular weight excluding hydrogens is 266 g/mol. The number of nitrogens with zero attached hydrogens (tertiary/aromatic N) is 2. The van der Waals surface area contributed by atoms with Crippen molar-refractivity contribution in [2.75, 3.05) is 33.3 Å². The number of piperazine rings is 1. The molecule has 1 aliphatic heterocycles. The zero-order valence-corrected chi connectivity index (χ0v) is 11.5. The van der Waals surface area contributed by atoms with E-state index in [4.69, 9.17) is 10.2 Å². The Morgan fingerprint density at radius 1 is 1.40 bits per heavy atom. The Hall–Kier alpha value is -1.83. The van der Waals surface area contributed by atoms with Crippen molar-refractivity contribution >= 4 is 17.9 Å². The minimum absolute atomic E-state index is 0.0712. The van der Waals surface area contributed by atoms with Crippen molar-refractivity contribution in [1.82, 2.24) is 15.1 Å². The van der Waals surface area contributed by atoms with E-state index in [0.717, 1.165) is 17.7 Å². The summed E-state index contributed by atoms with van der Waals surface area (Å²) in [7, 11) is 1.58. The maximum atomic E-state index is 12.2. The van der Waals surface area contributed by atoms with Gasteiger partial charge in [0.25, 0.3) is 0 Å². The number of hydrogen-bond acceptors (Lipinski definition) is 4. The molecule has 3 amide bonds. The molecule has 0 saturated carbocycles. The van der Waals surface area contributed by atoms with Crippen molar-refractivity contribution in [3.63, 3.8) is 0 Å². The number of rotatable bonds is 6. The summed E-state index contributed by atoms with van der Waals surface area (Å²) < 4.78 is 0. The number of nitrogens with one attached hydrogen (secondary N) is 1. The average molecular weight is 287 g/mol. The van der Waals surface area contributed by atoms with Gasteiger partial charge in [-0.3, -0.25) is 9.69 Å². The van der Waals surface area contributed by atoms with Gasteiger partial charge in [0.1, 0.15) is 12.6 Å². The Balaban J connectivity index is 2.57. The molecule has 1 fully saturated rings. The van der Waals surface area contributed by atoms with Crippen LogP contribution in [0, 0.1) is 0 Å². The lowest BCUT2D eigenvalue weighted by atomic mass is 10.2. The van der Waals surface area contributed by atoms with Crippen molar-refractivity contribution < 1.29 is 24.6 Å². The van der Waals surface area contributed by atoms with Gasteiger partial charge >= 0.3 is 12.0 Å². The van der Waals surface area contributed by atoms with E-state index in [9.17, 15) is 14.4 Å². The number of carbonyl (C=O) groups excluding carboxylic acids is 2. The minimum atomic E-state index is -1.13. The van der Waals surface area contributed by atoms with Crippen molar-refractivity contribution in [1.29, 1.82) is 0 Å². The third-order valence-corrected chi connectivity index (χ3v) is 3.19. The molecular formula is C12H21N3O5. The average Bonchev–Trinajstić information content (AvgIpc) is 2.42. The SMILES string of the molecule is CN(CCCCCO)C(=O)N1CC(=O)NCC1C(=O)O. The fraction of sp³-hybridized carbons (Fsp3) is 0.750. The van der Waals surface area contributed by atoms with Gasteiger partial charge < -0.3 is 20.4 Å². The minimum Gasteiger partial charge on any atom is -0.480 e. The lowest BCUT2D eigenvalue weighted by Crippen LogP contribution is -2.61. The van der Waals surface area contributed by atoms with Gasteiger partial charge in [0, 0.05) is 26.7 Å². The monoisotopic (exact) mass is 287 g/mol. The number of aliphatic hydroxyl groups is 1. The van der Waals surface area contributed by atoms with Crippen LogP contribution in [0.2, 0.25) is 0 Å². The quantitative estimate of drug-likeness (QED) is 0.548. The summed E-state index contributed by atoms with van der Waals surface area (Å²) in [4.78, 5) is 37.1. The molecule has 3 N–H and O–H groups in total. The molecule has 1 atom stereocenters. The van der Waals surface area contributed by atoms with Gasteiger partial charge in [-0.2, -0.15) is 0 Å². The van der Waals surface area contributed by atoms with Crippen molar-refractivity contribution in [2.45, 2.75) is 25.3 Å². The Morgan fingerprint density at radius 3 is 2.70 bits per heavy atom. The van der Waals surface area contributed by atoms with Gasteiger partial charge in [0.05, 0.1) is 0 Å². The highest BCUT2D eigenvalue weighted by molar-refractivity contribution is 5.90. The summed E-state index contributed by atoms with van der Waals surface area (Å²) >= 11 is 0. The Bertz CT molecular complexity index is 374. The third-order valence-electron chi connectivity index (χ3n) is 3.19. The fourth-order valence-corrected chi connectivity index (χ4v) is 2.02. The van der Waals surface area contributed by atoms with Crippen LogP contribution in [-0.4, -0.2) is 77.3 Å². The highest BCUT2D eigenvalue weighted by Crippen LogP contribution is 2.09. The van der Waals surface area contributed by atoms with Gasteiger partial charge in [0.15, 0.2) is 0 Å². The second-order valence-electron chi connectivity index (χ2n) is 4.77. The van der Waals surface area contributed by atoms with E-state index in [1.165, 1.54) is 4.90 Å². The molecule has 1 heterocycles. The van der Waals surface area contributed by atoms with E-state index in [1.807, 2.05) is 0 Å².